The lowest BCUT2D eigenvalue weighted by molar-refractivity contribution is -0.149. The predicted octanol–water partition coefficient (Wildman–Crippen LogP) is -0.0907. The molecule has 8 N–H and O–H groups in total. The number of rotatable bonds is 1. The van der Waals surface area contributed by atoms with Gasteiger partial charge in [0, 0.05) is 23.1 Å². The number of Topliss-reactive ketones (excluding diaryl/α,β-unsaturated/α-hetero) is 2. The molecule has 3 aliphatic carbocycles. The fourth-order valence-corrected chi connectivity index (χ4v) is 5.35. The Hall–Kier alpha value is -3.76. The van der Waals surface area contributed by atoms with Gasteiger partial charge in [-0.05, 0) is 36.5 Å². The van der Waals surface area contributed by atoms with Crippen LogP contribution in [0.4, 0.5) is 0 Å². The highest BCUT2D eigenvalue weighted by Gasteiger charge is 2.63. The number of aliphatic hydroxyl groups excluding tert-OH is 2. The molecule has 1 aromatic heterocycles. The van der Waals surface area contributed by atoms with Crippen molar-refractivity contribution in [2.24, 2.45) is 23.3 Å². The largest absolute Gasteiger partial charge is 0.508 e. The Balaban J connectivity index is 1.77. The van der Waals surface area contributed by atoms with Crippen LogP contribution in [0.3, 0.4) is 0 Å². The summed E-state index contributed by atoms with van der Waals surface area (Å²) < 4.78 is 0. The van der Waals surface area contributed by atoms with Crippen molar-refractivity contribution >= 4 is 34.1 Å². The van der Waals surface area contributed by atoms with Crippen LogP contribution >= 0.6 is 0 Å². The molecule has 4 atom stereocenters. The number of fused-ring (bicyclic) bond motifs is 5. The number of benzene rings is 1. The van der Waals surface area contributed by atoms with Gasteiger partial charge in [0.25, 0.3) is 5.91 Å². The van der Waals surface area contributed by atoms with Crippen LogP contribution in [-0.2, 0) is 20.8 Å². The zero-order valence-corrected chi connectivity index (χ0v) is 16.6. The van der Waals surface area contributed by atoms with Crippen molar-refractivity contribution in [1.82, 2.24) is 4.98 Å². The third-order valence-electron chi connectivity index (χ3n) is 6.82. The lowest BCUT2D eigenvalue weighted by Crippen LogP contribution is -2.65. The van der Waals surface area contributed by atoms with E-state index in [9.17, 15) is 34.8 Å². The van der Waals surface area contributed by atoms with Gasteiger partial charge in [-0.1, -0.05) is 6.07 Å². The molecule has 1 amide bonds. The maximum atomic E-state index is 13.5. The van der Waals surface area contributed by atoms with Crippen molar-refractivity contribution in [3.63, 3.8) is 0 Å². The molecule has 0 saturated heterocycles. The molecule has 1 unspecified atom stereocenters. The molecule has 164 valence electrons. The number of aromatic nitrogens is 1. The first-order valence-corrected chi connectivity index (χ1v) is 9.92. The molecular formula is C22H19N3O7. The van der Waals surface area contributed by atoms with Crippen molar-refractivity contribution in [2.75, 3.05) is 0 Å². The molecule has 0 aliphatic heterocycles. The van der Waals surface area contributed by atoms with E-state index >= 15 is 0 Å². The van der Waals surface area contributed by atoms with E-state index < -0.39 is 58.0 Å². The molecule has 5 rings (SSSR count). The van der Waals surface area contributed by atoms with Crippen LogP contribution in [0.2, 0.25) is 0 Å². The summed E-state index contributed by atoms with van der Waals surface area (Å²) in [7, 11) is 0. The molecule has 0 radical (unpaired) electrons. The molecule has 1 heterocycles. The second kappa shape index (κ2) is 6.38. The first-order valence-electron chi connectivity index (χ1n) is 9.92. The van der Waals surface area contributed by atoms with E-state index in [1.807, 2.05) is 0 Å². The third kappa shape index (κ3) is 2.30. The first kappa shape index (κ1) is 20.2. The molecule has 1 fully saturated rings. The summed E-state index contributed by atoms with van der Waals surface area (Å²) in [5.74, 6) is -7.31. The van der Waals surface area contributed by atoms with Crippen LogP contribution in [0.25, 0.3) is 16.7 Å². The van der Waals surface area contributed by atoms with Crippen LogP contribution in [0.1, 0.15) is 17.5 Å². The predicted molar refractivity (Wildman–Crippen MR) is 110 cm³/mol. The molecule has 32 heavy (non-hydrogen) atoms. The van der Waals surface area contributed by atoms with Crippen molar-refractivity contribution in [3.05, 3.63) is 52.4 Å². The molecule has 1 saturated carbocycles. The second-order valence-electron chi connectivity index (χ2n) is 8.40. The Morgan fingerprint density at radius 2 is 1.94 bits per heavy atom. The van der Waals surface area contributed by atoms with Crippen LogP contribution < -0.4 is 11.5 Å². The number of nitrogens with zero attached hydrogens (tertiary/aromatic N) is 1. The molecule has 3 aliphatic rings. The Morgan fingerprint density at radius 1 is 1.22 bits per heavy atom. The minimum absolute atomic E-state index is 0.00706. The zero-order valence-electron chi connectivity index (χ0n) is 16.6. The van der Waals surface area contributed by atoms with Gasteiger partial charge in [-0.25, -0.2) is 0 Å². The minimum atomic E-state index is -2.71. The van der Waals surface area contributed by atoms with Gasteiger partial charge in [-0.15, -0.1) is 0 Å². The Morgan fingerprint density at radius 3 is 2.62 bits per heavy atom. The summed E-state index contributed by atoms with van der Waals surface area (Å²) in [4.78, 5) is 42.1. The number of pyridine rings is 1. The molecule has 0 spiro atoms. The number of aliphatic hydroxyl groups is 3. The molecule has 2 aromatic rings. The van der Waals surface area contributed by atoms with E-state index in [4.69, 9.17) is 11.5 Å². The first-order chi connectivity index (χ1) is 15.1. The Bertz CT molecular complexity index is 1330. The van der Waals surface area contributed by atoms with E-state index in [1.54, 1.807) is 18.3 Å². The van der Waals surface area contributed by atoms with Gasteiger partial charge in [0.2, 0.25) is 5.78 Å². The summed E-state index contributed by atoms with van der Waals surface area (Å²) in [6, 6.07) is 3.38. The average Bonchev–Trinajstić information content (AvgIpc) is 2.74. The normalized spacial score (nSPS) is 29.6. The van der Waals surface area contributed by atoms with Gasteiger partial charge in [-0.2, -0.15) is 0 Å². The van der Waals surface area contributed by atoms with Gasteiger partial charge in [0.05, 0.1) is 17.1 Å². The van der Waals surface area contributed by atoms with E-state index in [1.165, 1.54) is 6.07 Å². The van der Waals surface area contributed by atoms with Crippen molar-refractivity contribution < 1.29 is 34.8 Å². The quantitative estimate of drug-likeness (QED) is 0.330. The highest BCUT2D eigenvalue weighted by Crippen LogP contribution is 2.52. The smallest absolute Gasteiger partial charge is 0.255 e. The fourth-order valence-electron chi connectivity index (χ4n) is 5.35. The number of ketones is 2. The van der Waals surface area contributed by atoms with Crippen molar-refractivity contribution in [2.45, 2.75) is 24.5 Å². The minimum Gasteiger partial charge on any atom is -0.508 e. The molecule has 1 aromatic carbocycles. The average molecular weight is 437 g/mol. The van der Waals surface area contributed by atoms with Gasteiger partial charge >= 0.3 is 0 Å². The third-order valence-corrected chi connectivity index (χ3v) is 6.82. The number of hydrogen-bond acceptors (Lipinski definition) is 9. The Labute approximate surface area is 180 Å². The van der Waals surface area contributed by atoms with Crippen LogP contribution in [0.5, 0.6) is 5.75 Å². The number of carbonyl (C=O) groups excluding carboxylic acids is 3. The summed E-state index contributed by atoms with van der Waals surface area (Å²) in [5, 5.41) is 44.1. The van der Waals surface area contributed by atoms with Crippen molar-refractivity contribution in [1.29, 1.82) is 0 Å². The number of nitrogens with two attached hydrogens (primary N) is 2. The number of amides is 1. The molecule has 10 heteroatoms. The van der Waals surface area contributed by atoms with Crippen molar-refractivity contribution in [3.8, 4) is 5.75 Å². The monoisotopic (exact) mass is 437 g/mol. The molecular weight excluding hydrogens is 418 g/mol. The van der Waals surface area contributed by atoms with E-state index in [2.05, 4.69) is 4.98 Å². The van der Waals surface area contributed by atoms with E-state index in [0.717, 1.165) is 0 Å². The SMILES string of the molecule is NC(=O)C1=C(O)[C@@]2(O)C(=O)C3=C(O)c4c(O)cc5cccnc5c4C[C@H]3CC2[C@H](N)C1=O. The number of phenolic OH excluding ortho intramolecular Hbond substituents is 1. The number of primary amides is 1. The highest BCUT2D eigenvalue weighted by molar-refractivity contribution is 6.24. The fraction of sp³-hybridized carbons (Fsp3) is 0.273. The van der Waals surface area contributed by atoms with Gasteiger partial charge in [-0.3, -0.25) is 19.4 Å². The molecule has 0 bridgehead atoms. The number of carbonyl (C=O) groups is 3. The van der Waals surface area contributed by atoms with Gasteiger partial charge in [0.15, 0.2) is 11.4 Å². The topological polar surface area (TPSA) is 197 Å². The Kier molecular flexibility index (Phi) is 4.02. The van der Waals surface area contributed by atoms with E-state index in [0.29, 0.717) is 16.5 Å². The lowest BCUT2D eigenvalue weighted by atomic mass is 9.58. The van der Waals surface area contributed by atoms with Gasteiger partial charge < -0.3 is 31.9 Å². The lowest BCUT2D eigenvalue weighted by Gasteiger charge is -2.48. The zero-order chi connectivity index (χ0) is 23.1. The van der Waals surface area contributed by atoms with E-state index in [-0.39, 0.29) is 29.7 Å². The maximum absolute atomic E-state index is 13.5. The maximum Gasteiger partial charge on any atom is 0.255 e. The number of hydrogen-bond donors (Lipinski definition) is 6. The summed E-state index contributed by atoms with van der Waals surface area (Å²) >= 11 is 0. The standard InChI is InChI=1S/C22H19N3O7/c23-15-10-5-8-4-9-13(11(26)6-7-2-1-3-25-16(7)9)17(27)12(8)19(29)22(10,32)20(30)14(18(15)28)21(24)31/h1-3,6,8,10,15,26-27,30,32H,4-5,23H2,(H2,24,31)/t8-,10?,15-,22-/m0/s1. The summed E-state index contributed by atoms with van der Waals surface area (Å²) in [6.07, 6.45) is 1.68. The van der Waals surface area contributed by atoms with Crippen LogP contribution in [0.15, 0.2) is 41.3 Å². The summed E-state index contributed by atoms with van der Waals surface area (Å²) in [6.45, 7) is 0. The van der Waals surface area contributed by atoms with Crippen LogP contribution in [-0.4, -0.2) is 54.5 Å². The van der Waals surface area contributed by atoms with Crippen LogP contribution in [0, 0.1) is 11.8 Å². The molecule has 10 nitrogen and oxygen atoms in total. The summed E-state index contributed by atoms with van der Waals surface area (Å²) in [5.41, 5.74) is 8.35. The highest BCUT2D eigenvalue weighted by atomic mass is 16.3. The second-order valence-corrected chi connectivity index (χ2v) is 8.40. The van der Waals surface area contributed by atoms with Gasteiger partial charge in [0.1, 0.15) is 22.8 Å². The number of phenols is 1. The number of aromatic hydroxyl groups is 1.